The fraction of sp³-hybridized carbons (Fsp3) is 0.700. The molecule has 0 aliphatic rings. The number of nitrogens with one attached hydrogen (secondary N) is 1. The van der Waals surface area contributed by atoms with Gasteiger partial charge in [-0.1, -0.05) is 30.0 Å². The maximum atomic E-state index is 11.7. The molecule has 0 amide bonds. The Morgan fingerprint density at radius 3 is 3.06 bits per heavy atom. The molecule has 0 fully saturated rings. The van der Waals surface area contributed by atoms with E-state index in [0.29, 0.717) is 12.4 Å². The van der Waals surface area contributed by atoms with E-state index >= 15 is 0 Å². The van der Waals surface area contributed by atoms with Crippen LogP contribution in [-0.2, 0) is 9.53 Å². The van der Waals surface area contributed by atoms with E-state index in [9.17, 15) is 4.79 Å². The summed E-state index contributed by atoms with van der Waals surface area (Å²) in [6.07, 6.45) is 0.985. The highest BCUT2D eigenvalue weighted by atomic mass is 32.2. The molecule has 1 unspecified atom stereocenters. The molecule has 7 heteroatoms. The van der Waals surface area contributed by atoms with E-state index in [-0.39, 0.29) is 12.0 Å². The summed E-state index contributed by atoms with van der Waals surface area (Å²) >= 11 is 3.00. The first kappa shape index (κ1) is 14.4. The molecule has 0 radical (unpaired) electrons. The van der Waals surface area contributed by atoms with Crippen LogP contribution in [0.4, 0.5) is 0 Å². The molecule has 0 bridgehead atoms. The molecule has 1 rings (SSSR count). The fourth-order valence-corrected chi connectivity index (χ4v) is 2.70. The minimum absolute atomic E-state index is 0.196. The van der Waals surface area contributed by atoms with Crippen molar-refractivity contribution in [3.05, 3.63) is 5.51 Å². The zero-order valence-corrected chi connectivity index (χ0v) is 11.6. The predicted molar refractivity (Wildman–Crippen MR) is 69.3 cm³/mol. The molecule has 1 aromatic rings. The zero-order valence-electron chi connectivity index (χ0n) is 10.0. The minimum atomic E-state index is -0.274. The van der Waals surface area contributed by atoms with Crippen molar-refractivity contribution in [1.82, 2.24) is 15.5 Å². The van der Waals surface area contributed by atoms with Crippen molar-refractivity contribution >= 4 is 29.1 Å². The van der Waals surface area contributed by atoms with E-state index in [1.54, 1.807) is 5.51 Å². The molecule has 17 heavy (non-hydrogen) atoms. The normalized spacial score (nSPS) is 12.4. The monoisotopic (exact) mass is 275 g/mol. The standard InChI is InChI=1S/C10H17N3O2S2/c1-3-5-11-8(9(14)15-4-2)6-16-10-13-12-7-17-10/h7-8,11H,3-6H2,1-2H3. The summed E-state index contributed by atoms with van der Waals surface area (Å²) in [5.41, 5.74) is 1.68. The van der Waals surface area contributed by atoms with E-state index in [4.69, 9.17) is 4.74 Å². The Labute approximate surface area is 109 Å². The number of nitrogens with zero attached hydrogens (tertiary/aromatic N) is 2. The lowest BCUT2D eigenvalue weighted by atomic mass is 10.3. The van der Waals surface area contributed by atoms with Crippen molar-refractivity contribution in [3.8, 4) is 0 Å². The molecular weight excluding hydrogens is 258 g/mol. The number of ether oxygens (including phenoxy) is 1. The lowest BCUT2D eigenvalue weighted by Gasteiger charge is -2.15. The van der Waals surface area contributed by atoms with E-state index in [1.165, 1.54) is 23.1 Å². The Morgan fingerprint density at radius 1 is 1.65 bits per heavy atom. The summed E-state index contributed by atoms with van der Waals surface area (Å²) in [6, 6.07) is -0.274. The lowest BCUT2D eigenvalue weighted by molar-refractivity contribution is -0.144. The Balaban J connectivity index is 2.41. The topological polar surface area (TPSA) is 64.1 Å². The molecule has 1 atom stereocenters. The van der Waals surface area contributed by atoms with Gasteiger partial charge in [0, 0.05) is 5.75 Å². The van der Waals surface area contributed by atoms with Gasteiger partial charge in [0.25, 0.3) is 0 Å². The third kappa shape index (κ3) is 5.47. The van der Waals surface area contributed by atoms with Gasteiger partial charge in [-0.05, 0) is 19.9 Å². The van der Waals surface area contributed by atoms with Crippen molar-refractivity contribution in [2.24, 2.45) is 0 Å². The van der Waals surface area contributed by atoms with Gasteiger partial charge < -0.3 is 10.1 Å². The molecule has 0 spiro atoms. The first-order chi connectivity index (χ1) is 8.27. The maximum absolute atomic E-state index is 11.7. The largest absolute Gasteiger partial charge is 0.465 e. The second-order valence-corrected chi connectivity index (χ2v) is 5.37. The number of rotatable bonds is 8. The molecule has 0 aromatic carbocycles. The number of aromatic nitrogens is 2. The van der Waals surface area contributed by atoms with E-state index in [1.807, 2.05) is 6.92 Å². The predicted octanol–water partition coefficient (Wildman–Crippen LogP) is 1.56. The van der Waals surface area contributed by atoms with E-state index < -0.39 is 0 Å². The van der Waals surface area contributed by atoms with Gasteiger partial charge >= 0.3 is 5.97 Å². The summed E-state index contributed by atoms with van der Waals surface area (Å²) in [4.78, 5) is 11.7. The average Bonchev–Trinajstić information content (AvgIpc) is 2.82. The molecule has 1 heterocycles. The van der Waals surface area contributed by atoms with Gasteiger partial charge in [-0.25, -0.2) is 0 Å². The summed E-state index contributed by atoms with van der Waals surface area (Å²) in [7, 11) is 0. The number of esters is 1. The highest BCUT2D eigenvalue weighted by Crippen LogP contribution is 2.19. The molecule has 0 aliphatic heterocycles. The molecule has 0 saturated carbocycles. The second-order valence-electron chi connectivity index (χ2n) is 3.27. The van der Waals surface area contributed by atoms with E-state index in [0.717, 1.165) is 17.3 Å². The smallest absolute Gasteiger partial charge is 0.323 e. The van der Waals surface area contributed by atoms with Crippen LogP contribution in [-0.4, -0.2) is 41.1 Å². The Morgan fingerprint density at radius 2 is 2.47 bits per heavy atom. The van der Waals surface area contributed by atoms with Crippen LogP contribution in [0.5, 0.6) is 0 Å². The Kier molecular flexibility index (Phi) is 7.14. The molecule has 1 aromatic heterocycles. The van der Waals surface area contributed by atoms with Gasteiger partial charge in [0.2, 0.25) is 0 Å². The molecule has 5 nitrogen and oxygen atoms in total. The average molecular weight is 275 g/mol. The second kappa shape index (κ2) is 8.43. The van der Waals surface area contributed by atoms with Crippen molar-refractivity contribution in [2.45, 2.75) is 30.6 Å². The van der Waals surface area contributed by atoms with Gasteiger partial charge in [-0.2, -0.15) is 0 Å². The summed E-state index contributed by atoms with van der Waals surface area (Å²) in [5, 5.41) is 10.9. The molecule has 0 aliphatic carbocycles. The van der Waals surface area contributed by atoms with Crippen molar-refractivity contribution < 1.29 is 9.53 Å². The number of thioether (sulfide) groups is 1. The Hall–Kier alpha value is -0.660. The number of hydrogen-bond donors (Lipinski definition) is 1. The number of hydrogen-bond acceptors (Lipinski definition) is 7. The highest BCUT2D eigenvalue weighted by Gasteiger charge is 2.19. The number of carbonyl (C=O) groups excluding carboxylic acids is 1. The van der Waals surface area contributed by atoms with Crippen molar-refractivity contribution in [1.29, 1.82) is 0 Å². The first-order valence-corrected chi connectivity index (χ1v) is 7.43. The van der Waals surface area contributed by atoms with Gasteiger partial charge in [0.1, 0.15) is 11.6 Å². The van der Waals surface area contributed by atoms with Crippen molar-refractivity contribution in [3.63, 3.8) is 0 Å². The van der Waals surface area contributed by atoms with Crippen LogP contribution in [0, 0.1) is 0 Å². The van der Waals surface area contributed by atoms with Crippen LogP contribution in [0.25, 0.3) is 0 Å². The Bertz CT molecular complexity index is 319. The quantitative estimate of drug-likeness (QED) is 0.574. The highest BCUT2D eigenvalue weighted by molar-refractivity contribution is 8.01. The zero-order chi connectivity index (χ0) is 12.5. The molecule has 1 N–H and O–H groups in total. The van der Waals surface area contributed by atoms with Gasteiger partial charge in [-0.3, -0.25) is 4.79 Å². The molecular formula is C10H17N3O2S2. The van der Waals surface area contributed by atoms with Gasteiger partial charge in [0.15, 0.2) is 4.34 Å². The van der Waals surface area contributed by atoms with Crippen LogP contribution in [0.1, 0.15) is 20.3 Å². The van der Waals surface area contributed by atoms with Crippen LogP contribution in [0.2, 0.25) is 0 Å². The lowest BCUT2D eigenvalue weighted by Crippen LogP contribution is -2.40. The van der Waals surface area contributed by atoms with Crippen LogP contribution < -0.4 is 5.32 Å². The number of carbonyl (C=O) groups is 1. The third-order valence-corrected chi connectivity index (χ3v) is 3.88. The third-order valence-electron chi connectivity index (χ3n) is 1.93. The van der Waals surface area contributed by atoms with Crippen LogP contribution >= 0.6 is 23.1 Å². The molecule has 0 saturated heterocycles. The fourth-order valence-electron chi connectivity index (χ4n) is 1.15. The van der Waals surface area contributed by atoms with Crippen LogP contribution in [0.15, 0.2) is 9.85 Å². The summed E-state index contributed by atoms with van der Waals surface area (Å²) < 4.78 is 5.90. The first-order valence-electron chi connectivity index (χ1n) is 5.56. The summed E-state index contributed by atoms with van der Waals surface area (Å²) in [6.45, 7) is 5.09. The van der Waals surface area contributed by atoms with E-state index in [2.05, 4.69) is 22.4 Å². The summed E-state index contributed by atoms with van der Waals surface area (Å²) in [5.74, 6) is 0.423. The molecule has 96 valence electrons. The van der Waals surface area contributed by atoms with Gasteiger partial charge in [-0.15, -0.1) is 10.2 Å². The van der Waals surface area contributed by atoms with Crippen molar-refractivity contribution in [2.75, 3.05) is 18.9 Å². The maximum Gasteiger partial charge on any atom is 0.323 e. The van der Waals surface area contributed by atoms with Gasteiger partial charge in [0.05, 0.1) is 6.61 Å². The SMILES string of the molecule is CCCNC(CSc1nncs1)C(=O)OCC. The van der Waals surface area contributed by atoms with Crippen LogP contribution in [0.3, 0.4) is 0 Å². The minimum Gasteiger partial charge on any atom is -0.465 e.